The Bertz CT molecular complexity index is 285. The highest BCUT2D eigenvalue weighted by atomic mass is 16.3. The van der Waals surface area contributed by atoms with Gasteiger partial charge in [0, 0.05) is 17.8 Å². The van der Waals surface area contributed by atoms with Crippen LogP contribution in [0.3, 0.4) is 0 Å². The van der Waals surface area contributed by atoms with E-state index in [0.717, 1.165) is 0 Å². The largest absolute Gasteiger partial charge is 0.395 e. The van der Waals surface area contributed by atoms with E-state index >= 15 is 0 Å². The maximum Gasteiger partial charge on any atom is 0.0993 e. The number of aromatic nitrogens is 2. The average molecular weight is 199 g/mol. The second-order valence-electron chi connectivity index (χ2n) is 3.64. The topological polar surface area (TPSA) is 84.3 Å². The molecule has 0 fully saturated rings. The van der Waals surface area contributed by atoms with Crippen LogP contribution in [-0.4, -0.2) is 32.6 Å². The van der Waals surface area contributed by atoms with Crippen molar-refractivity contribution in [1.29, 1.82) is 0 Å². The molecule has 5 heteroatoms. The third-order valence-corrected chi connectivity index (χ3v) is 2.11. The van der Waals surface area contributed by atoms with E-state index in [-0.39, 0.29) is 12.6 Å². The lowest BCUT2D eigenvalue weighted by molar-refractivity contribution is 0.109. The zero-order valence-electron chi connectivity index (χ0n) is 8.46. The molecule has 0 spiro atoms. The molecule has 14 heavy (non-hydrogen) atoms. The fraction of sp³-hybridized carbons (Fsp3) is 0.667. The average Bonchev–Trinajstić information content (AvgIpc) is 2.64. The van der Waals surface area contributed by atoms with E-state index in [2.05, 4.69) is 5.10 Å². The highest BCUT2D eigenvalue weighted by Gasteiger charge is 2.17. The van der Waals surface area contributed by atoms with Gasteiger partial charge in [0.15, 0.2) is 0 Å². The molecule has 0 saturated carbocycles. The van der Waals surface area contributed by atoms with Gasteiger partial charge in [0.25, 0.3) is 0 Å². The second kappa shape index (κ2) is 4.54. The number of nitrogens with two attached hydrogens (primary N) is 1. The maximum atomic E-state index is 9.65. The van der Waals surface area contributed by atoms with Crippen molar-refractivity contribution in [2.24, 2.45) is 5.73 Å². The quantitative estimate of drug-likeness (QED) is 0.628. The Morgan fingerprint density at radius 2 is 2.21 bits per heavy atom. The van der Waals surface area contributed by atoms with E-state index in [1.807, 2.05) is 13.8 Å². The molecule has 4 N–H and O–H groups in total. The van der Waals surface area contributed by atoms with E-state index in [1.54, 1.807) is 17.1 Å². The van der Waals surface area contributed by atoms with Crippen LogP contribution in [0, 0.1) is 0 Å². The first-order valence-corrected chi connectivity index (χ1v) is 4.64. The molecule has 0 aliphatic carbocycles. The fourth-order valence-electron chi connectivity index (χ4n) is 1.13. The molecular formula is C9H17N3O2. The van der Waals surface area contributed by atoms with Crippen LogP contribution < -0.4 is 5.73 Å². The molecule has 1 rings (SSSR count). The summed E-state index contributed by atoms with van der Waals surface area (Å²) in [5.74, 6) is 0. The Morgan fingerprint density at radius 1 is 1.57 bits per heavy atom. The molecule has 0 radical (unpaired) electrons. The summed E-state index contributed by atoms with van der Waals surface area (Å²) < 4.78 is 1.74. The zero-order chi connectivity index (χ0) is 10.7. The van der Waals surface area contributed by atoms with Crippen molar-refractivity contribution in [2.75, 3.05) is 6.61 Å². The van der Waals surface area contributed by atoms with E-state index in [1.165, 1.54) is 0 Å². The molecule has 0 aromatic carbocycles. The van der Waals surface area contributed by atoms with Crippen LogP contribution in [0.1, 0.15) is 31.6 Å². The smallest absolute Gasteiger partial charge is 0.0993 e. The number of rotatable bonds is 4. The summed E-state index contributed by atoms with van der Waals surface area (Å²) in [4.78, 5) is 0. The van der Waals surface area contributed by atoms with Crippen LogP contribution in [0.4, 0.5) is 0 Å². The van der Waals surface area contributed by atoms with Gasteiger partial charge in [-0.15, -0.1) is 0 Å². The first-order valence-electron chi connectivity index (χ1n) is 4.64. The van der Waals surface area contributed by atoms with Crippen molar-refractivity contribution in [3.8, 4) is 0 Å². The molecule has 0 saturated heterocycles. The summed E-state index contributed by atoms with van der Waals surface area (Å²) in [7, 11) is 0. The van der Waals surface area contributed by atoms with Crippen LogP contribution in [0.15, 0.2) is 12.4 Å². The van der Waals surface area contributed by atoms with Gasteiger partial charge in [0.2, 0.25) is 0 Å². The zero-order valence-corrected chi connectivity index (χ0v) is 8.46. The molecule has 0 amide bonds. The predicted octanol–water partition coefficient (Wildman–Crippen LogP) is -0.183. The molecule has 2 atom stereocenters. The SMILES string of the molecule is CC(C)n1cc(C(O)C(N)CO)cn1. The molecule has 2 unspecified atom stereocenters. The highest BCUT2D eigenvalue weighted by Crippen LogP contribution is 2.16. The van der Waals surface area contributed by atoms with Gasteiger partial charge in [-0.05, 0) is 13.8 Å². The summed E-state index contributed by atoms with van der Waals surface area (Å²) in [6.45, 7) is 3.75. The summed E-state index contributed by atoms with van der Waals surface area (Å²) in [6.07, 6.45) is 2.46. The summed E-state index contributed by atoms with van der Waals surface area (Å²) >= 11 is 0. The normalized spacial score (nSPS) is 15.9. The van der Waals surface area contributed by atoms with Gasteiger partial charge < -0.3 is 15.9 Å². The predicted molar refractivity (Wildman–Crippen MR) is 52.6 cm³/mol. The van der Waals surface area contributed by atoms with E-state index < -0.39 is 12.1 Å². The van der Waals surface area contributed by atoms with Gasteiger partial charge in [0.05, 0.1) is 24.9 Å². The summed E-state index contributed by atoms with van der Waals surface area (Å²) in [5.41, 5.74) is 6.14. The molecule has 0 aliphatic rings. The van der Waals surface area contributed by atoms with Crippen LogP contribution in [0.5, 0.6) is 0 Å². The number of aliphatic hydroxyl groups is 2. The monoisotopic (exact) mass is 199 g/mol. The standard InChI is InChI=1S/C9H17N3O2/c1-6(2)12-4-7(3-11-12)9(14)8(10)5-13/h3-4,6,8-9,13-14H,5,10H2,1-2H3. The first-order chi connectivity index (χ1) is 6.56. The van der Waals surface area contributed by atoms with Crippen molar-refractivity contribution >= 4 is 0 Å². The fourth-order valence-corrected chi connectivity index (χ4v) is 1.13. The Kier molecular flexibility index (Phi) is 3.62. The van der Waals surface area contributed by atoms with Crippen molar-refractivity contribution in [3.63, 3.8) is 0 Å². The molecular weight excluding hydrogens is 182 g/mol. The second-order valence-corrected chi connectivity index (χ2v) is 3.64. The van der Waals surface area contributed by atoms with Gasteiger partial charge in [-0.2, -0.15) is 5.10 Å². The number of aliphatic hydroxyl groups excluding tert-OH is 2. The third-order valence-electron chi connectivity index (χ3n) is 2.11. The van der Waals surface area contributed by atoms with E-state index in [0.29, 0.717) is 5.56 Å². The molecule has 80 valence electrons. The van der Waals surface area contributed by atoms with Crippen molar-refractivity contribution < 1.29 is 10.2 Å². The van der Waals surface area contributed by atoms with Crippen molar-refractivity contribution in [1.82, 2.24) is 9.78 Å². The van der Waals surface area contributed by atoms with Gasteiger partial charge in [0.1, 0.15) is 0 Å². The molecule has 1 aromatic rings. The first kappa shape index (κ1) is 11.2. The molecule has 0 aliphatic heterocycles. The van der Waals surface area contributed by atoms with Gasteiger partial charge in [-0.1, -0.05) is 0 Å². The Morgan fingerprint density at radius 3 is 2.64 bits per heavy atom. The molecule has 1 heterocycles. The minimum Gasteiger partial charge on any atom is -0.395 e. The Labute approximate surface area is 83.2 Å². The third kappa shape index (κ3) is 2.31. The van der Waals surface area contributed by atoms with Crippen LogP contribution in [-0.2, 0) is 0 Å². The lowest BCUT2D eigenvalue weighted by Crippen LogP contribution is -2.31. The number of hydrogen-bond acceptors (Lipinski definition) is 4. The Balaban J connectivity index is 2.76. The number of hydrogen-bond donors (Lipinski definition) is 3. The van der Waals surface area contributed by atoms with E-state index in [4.69, 9.17) is 10.8 Å². The lowest BCUT2D eigenvalue weighted by Gasteiger charge is -2.14. The van der Waals surface area contributed by atoms with Crippen molar-refractivity contribution in [2.45, 2.75) is 32.0 Å². The summed E-state index contributed by atoms with van der Waals surface area (Å²) in [6, 6.07) is -0.402. The van der Waals surface area contributed by atoms with Crippen LogP contribution >= 0.6 is 0 Å². The highest BCUT2D eigenvalue weighted by molar-refractivity contribution is 5.10. The van der Waals surface area contributed by atoms with Crippen molar-refractivity contribution in [3.05, 3.63) is 18.0 Å². The molecule has 0 bridgehead atoms. The number of nitrogens with zero attached hydrogens (tertiary/aromatic N) is 2. The van der Waals surface area contributed by atoms with Gasteiger partial charge in [-0.25, -0.2) is 0 Å². The van der Waals surface area contributed by atoms with E-state index in [9.17, 15) is 5.11 Å². The van der Waals surface area contributed by atoms with Gasteiger partial charge in [-0.3, -0.25) is 4.68 Å². The Hall–Kier alpha value is -0.910. The minimum absolute atomic E-state index is 0.242. The maximum absolute atomic E-state index is 9.65. The molecule has 5 nitrogen and oxygen atoms in total. The summed E-state index contributed by atoms with van der Waals surface area (Å²) in [5, 5.41) is 22.5. The van der Waals surface area contributed by atoms with Gasteiger partial charge >= 0.3 is 0 Å². The lowest BCUT2D eigenvalue weighted by atomic mass is 10.1. The van der Waals surface area contributed by atoms with Crippen LogP contribution in [0.25, 0.3) is 0 Å². The molecule has 1 aromatic heterocycles. The minimum atomic E-state index is -0.854. The van der Waals surface area contributed by atoms with Crippen LogP contribution in [0.2, 0.25) is 0 Å².